The number of alkyl carbamates (subject to hydrolysis) is 2. The highest BCUT2D eigenvalue weighted by molar-refractivity contribution is 7.86. The van der Waals surface area contributed by atoms with Crippen LogP contribution in [-0.2, 0) is 23.8 Å². The third kappa shape index (κ3) is 15.3. The van der Waals surface area contributed by atoms with Crippen molar-refractivity contribution in [2.75, 3.05) is 6.26 Å². The molecule has 0 aromatic heterocycles. The van der Waals surface area contributed by atoms with Crippen molar-refractivity contribution in [1.29, 1.82) is 0 Å². The zero-order valence-corrected chi connectivity index (χ0v) is 22.5. The first-order valence-electron chi connectivity index (χ1n) is 12.0. The molecule has 0 bridgehead atoms. The van der Waals surface area contributed by atoms with E-state index in [0.29, 0.717) is 25.7 Å². The van der Waals surface area contributed by atoms with E-state index in [1.54, 1.807) is 0 Å². The highest BCUT2D eigenvalue weighted by Crippen LogP contribution is 2.23. The van der Waals surface area contributed by atoms with Crippen molar-refractivity contribution in [1.82, 2.24) is 10.6 Å². The Kier molecular flexibility index (Phi) is 11.6. The number of hydrogen-bond acceptors (Lipinski definition) is 8. The van der Waals surface area contributed by atoms with Gasteiger partial charge in [-0.2, -0.15) is 8.42 Å². The smallest absolute Gasteiger partial charge is 0.407 e. The van der Waals surface area contributed by atoms with Gasteiger partial charge < -0.3 is 25.2 Å². The summed E-state index contributed by atoms with van der Waals surface area (Å²) in [4.78, 5) is 23.0. The van der Waals surface area contributed by atoms with E-state index in [1.165, 1.54) is 0 Å². The lowest BCUT2D eigenvalue weighted by atomic mass is 9.93. The second kappa shape index (κ2) is 12.9. The Morgan fingerprint density at radius 3 is 1.44 bits per heavy atom. The number of carbonyl (C=O) groups is 2. The maximum Gasteiger partial charge on any atom is 0.407 e. The van der Waals surface area contributed by atoms with Crippen LogP contribution in [0.25, 0.3) is 0 Å². The number of carbonyl (C=O) groups excluding carboxylic acids is 2. The molecule has 2 aliphatic carbocycles. The van der Waals surface area contributed by atoms with Gasteiger partial charge in [0.15, 0.2) is 0 Å². The van der Waals surface area contributed by atoms with E-state index in [-0.39, 0.29) is 34.7 Å². The monoisotopic (exact) mass is 514 g/mol. The van der Waals surface area contributed by atoms with E-state index in [9.17, 15) is 23.1 Å². The average Bonchev–Trinajstić information content (AvgIpc) is 2.61. The predicted octanol–water partition coefficient (Wildman–Crippen LogP) is 4.35. The Morgan fingerprint density at radius 2 is 1.12 bits per heavy atom. The molecule has 2 aliphatic rings. The number of hydrogen-bond donors (Lipinski definition) is 3. The number of aliphatic hydroxyl groups is 1. The number of nitrogens with one attached hydrogen (secondary N) is 2. The Hall–Kier alpha value is -1.59. The molecular formula is C23H50N2O8S. The molecule has 2 amide bonds. The van der Waals surface area contributed by atoms with Crippen LogP contribution >= 0.6 is 0 Å². The van der Waals surface area contributed by atoms with Crippen molar-refractivity contribution in [3.05, 3.63) is 0 Å². The zero-order valence-electron chi connectivity index (χ0n) is 21.7. The molecular weight excluding hydrogens is 464 g/mol. The zero-order chi connectivity index (χ0) is 26.2. The van der Waals surface area contributed by atoms with Crippen LogP contribution in [0.1, 0.15) is 97.2 Å². The van der Waals surface area contributed by atoms with Crippen LogP contribution < -0.4 is 10.6 Å². The standard InChI is InChI=1S/C12H23NO5S.C11H21NO3.3H2/c1-12(2,3)17-11(14)13-9-5-7-10(8-6-9)18-19(4,15)16;1-11(2,3)15-10(14)12-8-4-6-9(13)7-5-8;;;/h9-10H,5-8H2,1-4H3,(H,13,14);8-9,13H,4-7H2,1-3H3,(H,12,14);3*1H. The van der Waals surface area contributed by atoms with Gasteiger partial charge in [0.1, 0.15) is 11.2 Å². The lowest BCUT2D eigenvalue weighted by molar-refractivity contribution is 0.0455. The molecule has 2 fully saturated rings. The summed E-state index contributed by atoms with van der Waals surface area (Å²) in [6.07, 6.45) is 5.62. The van der Waals surface area contributed by atoms with E-state index in [2.05, 4.69) is 10.6 Å². The van der Waals surface area contributed by atoms with Crippen molar-refractivity contribution in [2.24, 2.45) is 0 Å². The first-order chi connectivity index (χ1) is 15.4. The molecule has 34 heavy (non-hydrogen) atoms. The number of aliphatic hydroxyl groups excluding tert-OH is 1. The Labute approximate surface area is 209 Å². The highest BCUT2D eigenvalue weighted by atomic mass is 32.2. The molecule has 0 aliphatic heterocycles. The largest absolute Gasteiger partial charge is 0.444 e. The molecule has 2 saturated carbocycles. The van der Waals surface area contributed by atoms with Crippen LogP contribution in [0.15, 0.2) is 0 Å². The molecule has 0 unspecified atom stereocenters. The quantitative estimate of drug-likeness (QED) is 0.470. The Morgan fingerprint density at radius 1 is 0.765 bits per heavy atom. The van der Waals surface area contributed by atoms with Gasteiger partial charge in [-0.1, -0.05) is 0 Å². The van der Waals surface area contributed by atoms with Crippen molar-refractivity contribution in [3.63, 3.8) is 0 Å². The SMILES string of the molecule is CC(C)(C)OC(=O)NC1CCC(O)CC1.CC(C)(C)OC(=O)NC1CCC(OS(C)(=O)=O)CC1.[HH].[HH].[HH]. The van der Waals surface area contributed by atoms with E-state index in [1.807, 2.05) is 41.5 Å². The van der Waals surface area contributed by atoms with Gasteiger partial charge in [-0.3, -0.25) is 4.18 Å². The van der Waals surface area contributed by atoms with E-state index in [0.717, 1.165) is 31.9 Å². The summed E-state index contributed by atoms with van der Waals surface area (Å²) in [5, 5.41) is 14.9. The van der Waals surface area contributed by atoms with E-state index >= 15 is 0 Å². The summed E-state index contributed by atoms with van der Waals surface area (Å²) >= 11 is 0. The van der Waals surface area contributed by atoms with Gasteiger partial charge in [0.05, 0.1) is 18.5 Å². The first-order valence-corrected chi connectivity index (χ1v) is 13.8. The normalized spacial score (nSPS) is 25.9. The fourth-order valence-electron chi connectivity index (χ4n) is 3.72. The number of amides is 2. The van der Waals surface area contributed by atoms with Crippen molar-refractivity contribution in [2.45, 2.75) is 128 Å². The maximum absolute atomic E-state index is 11.6. The summed E-state index contributed by atoms with van der Waals surface area (Å²) in [5.74, 6) is 0. The third-order valence-corrected chi connectivity index (χ3v) is 5.75. The van der Waals surface area contributed by atoms with Crippen LogP contribution in [0.2, 0.25) is 0 Å². The number of rotatable bonds is 4. The van der Waals surface area contributed by atoms with Gasteiger partial charge in [-0.05, 0) is 92.9 Å². The summed E-state index contributed by atoms with van der Waals surface area (Å²) in [7, 11) is -3.40. The molecule has 11 heteroatoms. The van der Waals surface area contributed by atoms with E-state index in [4.69, 9.17) is 13.7 Å². The maximum atomic E-state index is 11.6. The highest BCUT2D eigenvalue weighted by Gasteiger charge is 2.27. The summed E-state index contributed by atoms with van der Waals surface area (Å²) < 4.78 is 37.3. The lowest BCUT2D eigenvalue weighted by Crippen LogP contribution is -2.42. The van der Waals surface area contributed by atoms with Gasteiger partial charge in [-0.25, -0.2) is 9.59 Å². The second-order valence-electron chi connectivity index (χ2n) is 11.1. The predicted molar refractivity (Wildman–Crippen MR) is 135 cm³/mol. The van der Waals surface area contributed by atoms with Crippen LogP contribution in [-0.4, -0.2) is 67.5 Å². The van der Waals surface area contributed by atoms with Crippen LogP contribution in [0, 0.1) is 0 Å². The topological polar surface area (TPSA) is 140 Å². The average molecular weight is 515 g/mol. The van der Waals surface area contributed by atoms with Crippen LogP contribution in [0.4, 0.5) is 9.59 Å². The Bertz CT molecular complexity index is 757. The van der Waals surface area contributed by atoms with Crippen molar-refractivity contribution < 1.29 is 41.1 Å². The van der Waals surface area contributed by atoms with Crippen LogP contribution in [0.5, 0.6) is 0 Å². The molecule has 0 spiro atoms. The molecule has 206 valence electrons. The van der Waals surface area contributed by atoms with Gasteiger partial charge >= 0.3 is 12.2 Å². The molecule has 0 heterocycles. The van der Waals surface area contributed by atoms with Gasteiger partial charge in [0, 0.05) is 16.4 Å². The van der Waals surface area contributed by atoms with Gasteiger partial charge in [-0.15, -0.1) is 0 Å². The molecule has 0 aromatic rings. The molecule has 10 nitrogen and oxygen atoms in total. The Balaban J connectivity index is -0.000000591. The molecule has 2 rings (SSSR count). The number of ether oxygens (including phenoxy) is 2. The first kappa shape index (κ1) is 30.4. The molecule has 0 atom stereocenters. The second-order valence-corrected chi connectivity index (χ2v) is 12.7. The fourth-order valence-corrected chi connectivity index (χ4v) is 4.41. The summed E-state index contributed by atoms with van der Waals surface area (Å²) in [6.45, 7) is 11.0. The minimum atomic E-state index is -3.40. The van der Waals surface area contributed by atoms with Crippen LogP contribution in [0.3, 0.4) is 0 Å². The van der Waals surface area contributed by atoms with Crippen molar-refractivity contribution in [3.8, 4) is 0 Å². The molecule has 0 radical (unpaired) electrons. The van der Waals surface area contributed by atoms with Gasteiger partial charge in [0.2, 0.25) is 0 Å². The molecule has 3 N–H and O–H groups in total. The van der Waals surface area contributed by atoms with E-state index < -0.39 is 27.4 Å². The lowest BCUT2D eigenvalue weighted by Gasteiger charge is -2.29. The fraction of sp³-hybridized carbons (Fsp3) is 0.913. The molecule has 0 saturated heterocycles. The summed E-state index contributed by atoms with van der Waals surface area (Å²) in [6, 6.07) is 0.178. The third-order valence-electron chi connectivity index (χ3n) is 5.12. The minimum Gasteiger partial charge on any atom is -0.444 e. The van der Waals surface area contributed by atoms with Crippen molar-refractivity contribution >= 4 is 22.3 Å². The minimum absolute atomic E-state index is 0. The summed E-state index contributed by atoms with van der Waals surface area (Å²) in [5.41, 5.74) is -0.959. The molecule has 0 aromatic carbocycles. The van der Waals surface area contributed by atoms with Gasteiger partial charge in [0.25, 0.3) is 10.1 Å².